The first-order chi connectivity index (χ1) is 30.1. The third-order valence-corrected chi connectivity index (χ3v) is 24.6. The van der Waals surface area contributed by atoms with Gasteiger partial charge in [0.15, 0.2) is 0 Å². The first kappa shape index (κ1) is 115. The molecule has 0 aromatic heterocycles. The van der Waals surface area contributed by atoms with E-state index in [2.05, 4.69) is 39.3 Å². The van der Waals surface area contributed by atoms with Crippen LogP contribution in [-0.4, -0.2) is 233 Å². The molecule has 0 saturated carbocycles. The van der Waals surface area contributed by atoms with Crippen molar-refractivity contribution in [3.8, 4) is 0 Å². The summed E-state index contributed by atoms with van der Waals surface area (Å²) in [6, 6.07) is 0. The van der Waals surface area contributed by atoms with E-state index in [0.29, 0.717) is 0 Å². The van der Waals surface area contributed by atoms with E-state index in [0.717, 1.165) is 0 Å². The van der Waals surface area contributed by atoms with Gasteiger partial charge in [-0.15, -0.1) is 0 Å². The summed E-state index contributed by atoms with van der Waals surface area (Å²) in [7, 11) is -1.22. The molecule has 0 aromatic carbocycles. The zero-order chi connectivity index (χ0) is 45.8. The van der Waals surface area contributed by atoms with E-state index in [9.17, 15) is 0 Å². The van der Waals surface area contributed by atoms with Crippen LogP contribution in [0.1, 0.15) is 0 Å². The normalized spacial score (nSPS) is 13.8. The molecule has 0 atom stereocenters. The van der Waals surface area contributed by atoms with Gasteiger partial charge in [0.25, 0.3) is 0 Å². The Morgan fingerprint density at radius 3 is 0.243 bits per heavy atom. The van der Waals surface area contributed by atoms with Crippen molar-refractivity contribution >= 4 is 233 Å². The molecule has 10 aliphatic carbocycles. The molecule has 0 fully saturated rings. The van der Waals surface area contributed by atoms with Gasteiger partial charge in [-0.1, -0.05) is 243 Å². The van der Waals surface area contributed by atoms with Gasteiger partial charge in [0, 0.05) is 344 Å². The maximum atomic E-state index is 2.39. The molecule has 16 heteroatoms. The zero-order valence-corrected chi connectivity index (χ0v) is 76.6. The maximum Gasteiger partial charge on any atom is 0.00506 e. The molecule has 0 aliphatic heterocycles. The summed E-state index contributed by atoms with van der Waals surface area (Å²) in [5.74, 6) is 0. The molecule has 0 aromatic rings. The van der Waals surface area contributed by atoms with Crippen molar-refractivity contribution in [2.24, 2.45) is 0 Å². The Bertz CT molecular complexity index is 1220. The van der Waals surface area contributed by atoms with Crippen LogP contribution in [0.25, 0.3) is 0 Å². The fourth-order valence-electron chi connectivity index (χ4n) is 3.21. The van der Waals surface area contributed by atoms with Crippen LogP contribution in [0.15, 0.2) is 243 Å². The third-order valence-electron chi connectivity index (χ3n) is 6.50. The summed E-state index contributed by atoms with van der Waals surface area (Å²) in [5.41, 5.74) is 0. The van der Waals surface area contributed by atoms with Crippen LogP contribution in [0.3, 0.4) is 0 Å². The molecular weight excluding hydrogens is 2090 g/mol. The van der Waals surface area contributed by atoms with Crippen molar-refractivity contribution in [3.63, 3.8) is 0 Å². The molecule has 74 heavy (non-hydrogen) atoms. The number of allylic oxidation sites excluding steroid dienone is 40. The first-order valence-corrected chi connectivity index (χ1v) is 32.0. The predicted octanol–water partition coefficient (Wildman–Crippen LogP) is 13.4. The van der Waals surface area contributed by atoms with Gasteiger partial charge in [-0.3, -0.25) is 0 Å². The standard InChI is InChI=1S/10C5H5.2C4H11Si.9Sb.5Ti/c10*1-2-4-5-3-1;2*1-5(2,3)4;;;;;;;;;;;;;;/h10*1-5H;2*1H2,2-4H3;;;;;;;;;;;;;;. The quantitative estimate of drug-likeness (QED) is 0.242. The Morgan fingerprint density at radius 2 is 0.230 bits per heavy atom. The second-order valence-electron chi connectivity index (χ2n) is 15.1. The van der Waals surface area contributed by atoms with Crippen molar-refractivity contribution in [2.75, 3.05) is 0 Å². The Morgan fingerprint density at radius 1 is 0.176 bits per heavy atom. The molecule has 0 nitrogen and oxygen atoms in total. The SMILES string of the molecule is C[Si](C)(C)[CH2][Sb].C[Si](C)(C)[CH2][Sb].[CH]1C=CC=C1.[CH]1C=CC=C1.[CH]1C=CC=C1.[CH]1C=CC=C1.[CH]1C=CC=C1.[CH]1C=CC=C1.[CH]1C=CC=C1.[CH]1C=CC=C1.[CH]1C=CC=C1.[CH]1C=CC=C1.[Sb].[Sb].[Sb].[Sb].[Sb].[Sb].[Sb].[Ti].[Ti].[Ti].[Ti].[Ti]. The molecule has 0 unspecified atom stereocenters. The summed E-state index contributed by atoms with van der Waals surface area (Å²) in [6.07, 6.45) is 100. The molecule has 0 spiro atoms. The number of hydrogen-bond acceptors (Lipinski definition) is 0. The van der Waals surface area contributed by atoms with Crippen LogP contribution in [0.2, 0.25) is 47.3 Å². The average molecular weight is 2160 g/mol. The minimum Gasteiger partial charge on any atom is -0.0767 e. The monoisotopic (exact) mass is 2150 g/mol. The summed E-state index contributed by atoms with van der Waals surface area (Å²) in [5, 5.41) is 0. The van der Waals surface area contributed by atoms with Gasteiger partial charge in [0.1, 0.15) is 0 Å². The topological polar surface area (TPSA) is 0 Å². The van der Waals surface area contributed by atoms with Crippen LogP contribution >= 0.6 is 0 Å². The van der Waals surface area contributed by atoms with E-state index in [1.54, 1.807) is 0 Å². The number of rotatable bonds is 2. The van der Waals surface area contributed by atoms with Gasteiger partial charge in [-0.05, 0) is 0 Å². The van der Waals surface area contributed by atoms with Gasteiger partial charge in [-0.2, -0.15) is 0 Å². The van der Waals surface area contributed by atoms with Crippen LogP contribution in [0.4, 0.5) is 0 Å². The van der Waals surface area contributed by atoms with Crippen LogP contribution < -0.4 is 0 Å². The predicted molar refractivity (Wildman–Crippen MR) is 334 cm³/mol. The summed E-state index contributed by atoms with van der Waals surface area (Å²) in [6.45, 7) is 14.4. The van der Waals surface area contributed by atoms with E-state index in [4.69, 9.17) is 0 Å². The van der Waals surface area contributed by atoms with E-state index in [-0.39, 0.29) is 280 Å². The fourth-order valence-corrected chi connectivity index (χ4v) is 3.21. The van der Waals surface area contributed by atoms with Gasteiger partial charge in [-0.25, -0.2) is 0 Å². The summed E-state index contributed by atoms with van der Waals surface area (Å²) < 4.78 is 2.92. The molecule has 0 N–H and O–H groups in total. The Balaban J connectivity index is -0.0000000436. The van der Waals surface area contributed by atoms with Crippen LogP contribution in [0, 0.1) is 64.2 Å². The molecule has 0 heterocycles. The Labute approximate surface area is 683 Å². The Hall–Kier alpha value is 6.17. The molecular formula is C58H72Sb9Si2Ti5. The molecule has 377 valence electrons. The van der Waals surface area contributed by atoms with Crippen molar-refractivity contribution in [2.45, 2.75) is 47.3 Å². The number of hydrogen-bond donors (Lipinski definition) is 0. The zero-order valence-electron chi connectivity index (χ0n) is 43.8. The molecule has 0 amide bonds. The van der Waals surface area contributed by atoms with Crippen LogP contribution in [0.5, 0.6) is 0 Å². The van der Waals surface area contributed by atoms with E-state index < -0.39 is 16.1 Å². The fraction of sp³-hybridized carbons (Fsp3) is 0.138. The van der Waals surface area contributed by atoms with Crippen molar-refractivity contribution in [1.82, 2.24) is 0 Å². The molecule has 10 aliphatic rings. The van der Waals surface area contributed by atoms with Gasteiger partial charge in [0.05, 0.1) is 0 Å². The van der Waals surface area contributed by atoms with Crippen LogP contribution in [-0.2, 0) is 109 Å². The van der Waals surface area contributed by atoms with Crippen molar-refractivity contribution in [3.05, 3.63) is 307 Å². The molecule has 10 rings (SSSR count). The maximum absolute atomic E-state index is 2.39. The van der Waals surface area contributed by atoms with Gasteiger partial charge >= 0.3 is 109 Å². The minimum atomic E-state index is -0.609. The van der Waals surface area contributed by atoms with Crippen molar-refractivity contribution < 1.29 is 109 Å². The van der Waals surface area contributed by atoms with E-state index in [1.165, 1.54) is 7.98 Å². The Kier molecular flexibility index (Phi) is 152. The average Bonchev–Trinajstić information content (AvgIpc) is 4.19. The third kappa shape index (κ3) is 120. The molecule has 35 radical (unpaired) electrons. The van der Waals surface area contributed by atoms with Gasteiger partial charge < -0.3 is 0 Å². The minimum absolute atomic E-state index is 0. The first-order valence-electron chi connectivity index (χ1n) is 21.0. The molecule has 0 saturated heterocycles. The largest absolute Gasteiger partial charge is 0.0767 e. The van der Waals surface area contributed by atoms with E-state index >= 15 is 0 Å². The van der Waals surface area contributed by atoms with Gasteiger partial charge in [0.2, 0.25) is 0 Å². The smallest absolute Gasteiger partial charge is 0.00506 e. The second-order valence-corrected chi connectivity index (χ2v) is 31.4. The molecule has 0 bridgehead atoms. The summed E-state index contributed by atoms with van der Waals surface area (Å²) in [4.78, 5) is 0. The van der Waals surface area contributed by atoms with Crippen molar-refractivity contribution in [1.29, 1.82) is 0 Å². The second kappa shape index (κ2) is 98.3. The summed E-state index contributed by atoms with van der Waals surface area (Å²) >= 11 is 3.92. The van der Waals surface area contributed by atoms with E-state index in [1.807, 2.05) is 353 Å².